The van der Waals surface area contributed by atoms with Crippen LogP contribution in [0.2, 0.25) is 0 Å². The summed E-state index contributed by atoms with van der Waals surface area (Å²) >= 11 is 0. The molecule has 1 aromatic heterocycles. The molecular formula is C15H15FN4O. The van der Waals surface area contributed by atoms with Gasteiger partial charge in [-0.05, 0) is 24.3 Å². The summed E-state index contributed by atoms with van der Waals surface area (Å²) in [4.78, 5) is 13.7. The number of rotatable bonds is 4. The van der Waals surface area contributed by atoms with Crippen LogP contribution in [0.4, 0.5) is 4.39 Å². The van der Waals surface area contributed by atoms with Crippen molar-refractivity contribution in [3.8, 4) is 17.3 Å². The number of benzene rings is 1. The number of halogens is 1. The van der Waals surface area contributed by atoms with Gasteiger partial charge in [0.15, 0.2) is 0 Å². The van der Waals surface area contributed by atoms with Crippen LogP contribution in [0.25, 0.3) is 11.3 Å². The summed E-state index contributed by atoms with van der Waals surface area (Å²) in [6, 6.07) is 7.86. The summed E-state index contributed by atoms with van der Waals surface area (Å²) in [5.74, 6) is -0.527. The molecule has 2 rings (SSSR count). The van der Waals surface area contributed by atoms with Crippen molar-refractivity contribution < 1.29 is 9.18 Å². The highest BCUT2D eigenvalue weighted by atomic mass is 19.1. The van der Waals surface area contributed by atoms with E-state index in [9.17, 15) is 9.18 Å². The Bertz CT molecular complexity index is 683. The molecule has 0 saturated carbocycles. The molecule has 0 N–H and O–H groups in total. The molecule has 21 heavy (non-hydrogen) atoms. The summed E-state index contributed by atoms with van der Waals surface area (Å²) in [6.45, 7) is 0.408. The fourth-order valence-electron chi connectivity index (χ4n) is 1.92. The van der Waals surface area contributed by atoms with Gasteiger partial charge in [0.05, 0.1) is 24.6 Å². The van der Waals surface area contributed by atoms with Crippen molar-refractivity contribution in [1.29, 1.82) is 5.26 Å². The molecule has 1 aromatic carbocycles. The first-order valence-electron chi connectivity index (χ1n) is 6.45. The van der Waals surface area contributed by atoms with Crippen LogP contribution in [0.3, 0.4) is 0 Å². The largest absolute Gasteiger partial charge is 0.345 e. The molecule has 0 radical (unpaired) electrons. The fraction of sp³-hybridized carbons (Fsp3) is 0.267. The van der Waals surface area contributed by atoms with Crippen molar-refractivity contribution in [3.05, 3.63) is 41.8 Å². The van der Waals surface area contributed by atoms with Gasteiger partial charge in [-0.1, -0.05) is 0 Å². The normalized spacial score (nSPS) is 10.2. The van der Waals surface area contributed by atoms with E-state index in [-0.39, 0.29) is 11.7 Å². The van der Waals surface area contributed by atoms with E-state index in [4.69, 9.17) is 5.26 Å². The van der Waals surface area contributed by atoms with Crippen molar-refractivity contribution in [1.82, 2.24) is 14.7 Å². The molecule has 0 aliphatic carbocycles. The van der Waals surface area contributed by atoms with Crippen LogP contribution in [0.15, 0.2) is 30.5 Å². The maximum atomic E-state index is 13.0. The van der Waals surface area contributed by atoms with E-state index in [0.717, 1.165) is 0 Å². The Morgan fingerprint density at radius 1 is 1.38 bits per heavy atom. The Labute approximate surface area is 122 Å². The average molecular weight is 286 g/mol. The van der Waals surface area contributed by atoms with Crippen LogP contribution in [0.5, 0.6) is 0 Å². The van der Waals surface area contributed by atoms with Crippen molar-refractivity contribution in [3.63, 3.8) is 0 Å². The molecule has 0 bridgehead atoms. The van der Waals surface area contributed by atoms with Crippen LogP contribution in [0.1, 0.15) is 16.8 Å². The molecule has 108 valence electrons. The van der Waals surface area contributed by atoms with Gasteiger partial charge >= 0.3 is 0 Å². The van der Waals surface area contributed by atoms with Crippen molar-refractivity contribution in [2.75, 3.05) is 14.1 Å². The molecule has 1 amide bonds. The monoisotopic (exact) mass is 286 g/mol. The predicted molar refractivity (Wildman–Crippen MR) is 75.9 cm³/mol. The third-order valence-corrected chi connectivity index (χ3v) is 2.97. The standard InChI is InChI=1S/C15H15FN4O/c1-19(2)15(21)13-10-20(9-3-8-17)18-14(13)11-4-6-12(16)7-5-11/h4-7,10H,3,9H2,1-2H3. The second-order valence-corrected chi connectivity index (χ2v) is 4.77. The fourth-order valence-corrected chi connectivity index (χ4v) is 1.92. The zero-order valence-corrected chi connectivity index (χ0v) is 11.9. The molecule has 0 unspecified atom stereocenters. The summed E-state index contributed by atoms with van der Waals surface area (Å²) in [5, 5.41) is 13.0. The zero-order chi connectivity index (χ0) is 15.4. The smallest absolute Gasteiger partial charge is 0.257 e. The van der Waals surface area contributed by atoms with E-state index in [1.165, 1.54) is 17.0 Å². The van der Waals surface area contributed by atoms with Crippen LogP contribution >= 0.6 is 0 Å². The Morgan fingerprint density at radius 3 is 2.62 bits per heavy atom. The van der Waals surface area contributed by atoms with Gasteiger partial charge in [-0.2, -0.15) is 10.4 Å². The number of amides is 1. The van der Waals surface area contributed by atoms with Gasteiger partial charge in [-0.25, -0.2) is 4.39 Å². The number of hydrogen-bond acceptors (Lipinski definition) is 3. The van der Waals surface area contributed by atoms with Gasteiger partial charge in [0, 0.05) is 25.9 Å². The molecule has 0 fully saturated rings. The van der Waals surface area contributed by atoms with Crippen LogP contribution in [-0.4, -0.2) is 34.7 Å². The molecular weight excluding hydrogens is 271 g/mol. The predicted octanol–water partition coefficient (Wildman–Crippen LogP) is 2.30. The lowest BCUT2D eigenvalue weighted by atomic mass is 10.1. The molecule has 5 nitrogen and oxygen atoms in total. The van der Waals surface area contributed by atoms with Gasteiger partial charge in [0.1, 0.15) is 11.5 Å². The third kappa shape index (κ3) is 3.26. The number of nitriles is 1. The maximum Gasteiger partial charge on any atom is 0.257 e. The molecule has 0 saturated heterocycles. The Kier molecular flexibility index (Phi) is 4.33. The minimum absolute atomic E-state index is 0.183. The quantitative estimate of drug-likeness (QED) is 0.866. The molecule has 1 heterocycles. The molecule has 0 aliphatic rings. The minimum Gasteiger partial charge on any atom is -0.345 e. The van der Waals surface area contributed by atoms with Gasteiger partial charge in [0.25, 0.3) is 5.91 Å². The van der Waals surface area contributed by atoms with Crippen LogP contribution in [-0.2, 0) is 6.54 Å². The topological polar surface area (TPSA) is 61.9 Å². The van der Waals surface area contributed by atoms with E-state index in [0.29, 0.717) is 29.8 Å². The van der Waals surface area contributed by atoms with Crippen molar-refractivity contribution >= 4 is 5.91 Å². The maximum absolute atomic E-state index is 13.0. The number of aromatic nitrogens is 2. The first-order valence-corrected chi connectivity index (χ1v) is 6.45. The lowest BCUT2D eigenvalue weighted by Gasteiger charge is -2.09. The molecule has 0 aliphatic heterocycles. The number of carbonyl (C=O) groups excluding carboxylic acids is 1. The highest BCUT2D eigenvalue weighted by Gasteiger charge is 2.19. The van der Waals surface area contributed by atoms with E-state index >= 15 is 0 Å². The highest BCUT2D eigenvalue weighted by molar-refractivity contribution is 5.99. The summed E-state index contributed by atoms with van der Waals surface area (Å²) < 4.78 is 14.6. The average Bonchev–Trinajstić information content (AvgIpc) is 2.89. The summed E-state index contributed by atoms with van der Waals surface area (Å²) in [6.07, 6.45) is 1.93. The highest BCUT2D eigenvalue weighted by Crippen LogP contribution is 2.23. The lowest BCUT2D eigenvalue weighted by molar-refractivity contribution is 0.0828. The van der Waals surface area contributed by atoms with E-state index < -0.39 is 0 Å². The molecule has 6 heteroatoms. The zero-order valence-electron chi connectivity index (χ0n) is 11.9. The second kappa shape index (κ2) is 6.18. The number of nitrogens with zero attached hydrogens (tertiary/aromatic N) is 4. The van der Waals surface area contributed by atoms with Gasteiger partial charge in [0.2, 0.25) is 0 Å². The number of carbonyl (C=O) groups is 1. The SMILES string of the molecule is CN(C)C(=O)c1cn(CCC#N)nc1-c1ccc(F)cc1. The van der Waals surface area contributed by atoms with Crippen LogP contribution in [0, 0.1) is 17.1 Å². The van der Waals surface area contributed by atoms with E-state index in [2.05, 4.69) is 5.10 Å². The third-order valence-electron chi connectivity index (χ3n) is 2.97. The summed E-state index contributed by atoms with van der Waals surface area (Å²) in [7, 11) is 3.31. The second-order valence-electron chi connectivity index (χ2n) is 4.77. The van der Waals surface area contributed by atoms with E-state index in [1.54, 1.807) is 37.1 Å². The Balaban J connectivity index is 2.46. The van der Waals surface area contributed by atoms with E-state index in [1.807, 2.05) is 6.07 Å². The molecule has 0 spiro atoms. The minimum atomic E-state index is -0.344. The number of aryl methyl sites for hydroxylation is 1. The molecule has 0 atom stereocenters. The Hall–Kier alpha value is -2.68. The first kappa shape index (κ1) is 14.7. The van der Waals surface area contributed by atoms with Gasteiger partial charge in [-0.15, -0.1) is 0 Å². The van der Waals surface area contributed by atoms with Gasteiger partial charge < -0.3 is 4.90 Å². The van der Waals surface area contributed by atoms with Gasteiger partial charge in [-0.3, -0.25) is 9.48 Å². The number of hydrogen-bond donors (Lipinski definition) is 0. The Morgan fingerprint density at radius 2 is 2.05 bits per heavy atom. The summed E-state index contributed by atoms with van der Waals surface area (Å²) in [5.41, 5.74) is 1.59. The van der Waals surface area contributed by atoms with Crippen LogP contribution < -0.4 is 0 Å². The first-order chi connectivity index (χ1) is 10.0. The molecule has 2 aromatic rings. The van der Waals surface area contributed by atoms with Crippen molar-refractivity contribution in [2.24, 2.45) is 0 Å². The lowest BCUT2D eigenvalue weighted by Crippen LogP contribution is -2.21. The van der Waals surface area contributed by atoms with Crippen molar-refractivity contribution in [2.45, 2.75) is 13.0 Å².